The highest BCUT2D eigenvalue weighted by Gasteiger charge is 2.27. The van der Waals surface area contributed by atoms with E-state index >= 15 is 0 Å². The van der Waals surface area contributed by atoms with Crippen molar-refractivity contribution < 1.29 is 58.3 Å². The van der Waals surface area contributed by atoms with E-state index in [-0.39, 0.29) is 13.4 Å². The minimum atomic E-state index is -1.44. The third-order valence-corrected chi connectivity index (χ3v) is 9.08. The van der Waals surface area contributed by atoms with Gasteiger partial charge in [0.05, 0.1) is 30.1 Å². The van der Waals surface area contributed by atoms with Gasteiger partial charge in [0, 0.05) is 13.4 Å². The van der Waals surface area contributed by atoms with Gasteiger partial charge in [0.2, 0.25) is 0 Å². The summed E-state index contributed by atoms with van der Waals surface area (Å²) in [5, 5.41) is 29.0. The smallest absolute Gasteiger partial charge is 0.343 e. The molecule has 0 aliphatic heterocycles. The normalized spacial score (nSPS) is 10.6. The molecule has 0 heterocycles. The highest BCUT2D eigenvalue weighted by atomic mass is 79.9. The number of ether oxygens (including phenoxy) is 3. The zero-order valence-electron chi connectivity index (χ0n) is 23.0. The molecule has 0 aliphatic rings. The number of halogens is 6. The first-order valence-corrected chi connectivity index (χ1v) is 17.2. The lowest BCUT2D eigenvalue weighted by Crippen LogP contribution is -2.18. The lowest BCUT2D eigenvalue weighted by Gasteiger charge is -2.14. The Hall–Kier alpha value is -3.42. The third kappa shape index (κ3) is 8.59. The molecule has 0 spiro atoms. The third-order valence-electron chi connectivity index (χ3n) is 5.94. The van der Waals surface area contributed by atoms with Crippen molar-refractivity contribution in [3.05, 3.63) is 115 Å². The lowest BCUT2D eigenvalue weighted by atomic mass is 10.1. The Balaban J connectivity index is 1.83. The summed E-state index contributed by atoms with van der Waals surface area (Å²) in [6.07, 6.45) is 0. The first-order chi connectivity index (χ1) is 22.5. The molecule has 12 nitrogen and oxygen atoms in total. The van der Waals surface area contributed by atoms with Gasteiger partial charge < -0.3 is 29.5 Å². The van der Waals surface area contributed by atoms with Crippen LogP contribution in [-0.2, 0) is 0 Å². The highest BCUT2D eigenvalue weighted by Crippen LogP contribution is 2.36. The van der Waals surface area contributed by atoms with Crippen molar-refractivity contribution in [3.8, 4) is 17.2 Å². The van der Waals surface area contributed by atoms with Crippen LogP contribution in [0.3, 0.4) is 0 Å². The predicted molar refractivity (Wildman–Crippen MR) is 188 cm³/mol. The van der Waals surface area contributed by atoms with Crippen LogP contribution >= 0.6 is 95.6 Å². The molecule has 0 aliphatic carbocycles. The summed E-state index contributed by atoms with van der Waals surface area (Å²) >= 11 is 18.9. The van der Waals surface area contributed by atoms with Crippen molar-refractivity contribution in [1.82, 2.24) is 0 Å². The summed E-state index contributed by atoms with van der Waals surface area (Å²) in [7, 11) is 0. The number of esters is 3. The van der Waals surface area contributed by atoms with Crippen LogP contribution in [0.15, 0.2) is 81.4 Å². The second kappa shape index (κ2) is 15.4. The number of hydrogen-bond donors (Lipinski definition) is 3. The van der Waals surface area contributed by atoms with Gasteiger partial charge in [-0.3, -0.25) is 0 Å². The topological polar surface area (TPSA) is 191 Å². The lowest BCUT2D eigenvalue weighted by molar-refractivity contribution is 0.0663. The molecule has 4 rings (SSSR count). The minimum Gasteiger partial charge on any atom is -0.478 e. The fourth-order valence-corrected chi connectivity index (χ4v) is 7.82. The van der Waals surface area contributed by atoms with E-state index in [9.17, 15) is 44.1 Å². The quantitative estimate of drug-likeness (QED) is 0.107. The number of hydrogen-bond acceptors (Lipinski definition) is 9. The molecule has 18 heteroatoms. The maximum Gasteiger partial charge on any atom is 0.343 e. The van der Waals surface area contributed by atoms with Crippen LogP contribution in [0.5, 0.6) is 17.2 Å². The number of carbonyl (C=O) groups is 6. The monoisotopic (exact) mass is 1040 g/mol. The van der Waals surface area contributed by atoms with Crippen LogP contribution < -0.4 is 14.2 Å². The fourth-order valence-electron chi connectivity index (χ4n) is 3.90. The van der Waals surface area contributed by atoms with Crippen LogP contribution in [0.25, 0.3) is 0 Å². The molecule has 0 unspecified atom stereocenters. The summed E-state index contributed by atoms with van der Waals surface area (Å²) < 4.78 is 17.4. The molecule has 4 aromatic carbocycles. The molecule has 0 saturated heterocycles. The van der Waals surface area contributed by atoms with Crippen LogP contribution in [0.1, 0.15) is 62.1 Å². The molecule has 0 fully saturated rings. The van der Waals surface area contributed by atoms with E-state index in [0.717, 1.165) is 18.2 Å². The van der Waals surface area contributed by atoms with Gasteiger partial charge in [-0.2, -0.15) is 0 Å². The molecule has 3 N–H and O–H groups in total. The highest BCUT2D eigenvalue weighted by molar-refractivity contribution is 9.11. The average Bonchev–Trinajstić information content (AvgIpc) is 2.99. The molecular formula is C30H12Br6O12. The zero-order chi connectivity index (χ0) is 35.6. The Labute approximate surface area is 319 Å². The average molecular weight is 1040 g/mol. The Morgan fingerprint density at radius 3 is 0.833 bits per heavy atom. The van der Waals surface area contributed by atoms with E-state index in [4.69, 9.17) is 14.2 Å². The Bertz CT molecular complexity index is 1830. The number of carboxylic acids is 3. The van der Waals surface area contributed by atoms with Gasteiger partial charge in [0.15, 0.2) is 17.2 Å². The second-order valence-electron chi connectivity index (χ2n) is 9.18. The summed E-state index contributed by atoms with van der Waals surface area (Å²) in [4.78, 5) is 75.9. The Morgan fingerprint density at radius 2 is 0.625 bits per heavy atom. The Morgan fingerprint density at radius 1 is 0.396 bits per heavy atom. The molecular weight excluding hydrogens is 1030 g/mol. The number of carbonyl (C=O) groups excluding carboxylic acids is 3. The Kier molecular flexibility index (Phi) is 12.0. The first kappa shape index (κ1) is 37.4. The number of aromatic carboxylic acids is 3. The van der Waals surface area contributed by atoms with E-state index in [1.54, 1.807) is 0 Å². The molecule has 0 aromatic heterocycles. The fraction of sp³-hybridized carbons (Fsp3) is 0. The van der Waals surface area contributed by atoms with Gasteiger partial charge in [-0.1, -0.05) is 47.8 Å². The molecule has 0 radical (unpaired) electrons. The summed E-state index contributed by atoms with van der Waals surface area (Å²) in [6, 6.07) is 10.7. The van der Waals surface area contributed by atoms with E-state index in [2.05, 4.69) is 95.6 Å². The second-order valence-corrected chi connectivity index (χ2v) is 14.5. The van der Waals surface area contributed by atoms with Crippen LogP contribution in [-0.4, -0.2) is 51.1 Å². The van der Waals surface area contributed by atoms with Crippen LogP contribution in [0.4, 0.5) is 0 Å². The predicted octanol–water partition coefficient (Wildman–Crippen LogP) is 9.01. The molecule has 246 valence electrons. The standard InChI is InChI=1S/C30H12Br6O12/c31-13-4-16(25(37)38)22(19(34)7-13)46-28(43)10-1-11(29(44)47-23-17(26(39)40)5-14(32)8-20(23)35)3-12(2-10)30(45)48-24-18(27(41)42)6-15(33)9-21(24)36/h1-9H,(H,37,38)(H,39,40)(H,41,42). The van der Waals surface area contributed by atoms with E-state index in [1.165, 1.54) is 36.4 Å². The molecule has 0 saturated carbocycles. The maximum absolute atomic E-state index is 13.4. The number of carboxylic acid groups (broad SMARTS) is 3. The summed E-state index contributed by atoms with van der Waals surface area (Å²) in [5.41, 5.74) is -2.65. The van der Waals surface area contributed by atoms with E-state index < -0.39 is 86.4 Å². The van der Waals surface area contributed by atoms with Crippen molar-refractivity contribution in [2.45, 2.75) is 0 Å². The van der Waals surface area contributed by atoms with Crippen molar-refractivity contribution >= 4 is 131 Å². The van der Waals surface area contributed by atoms with Crippen LogP contribution in [0, 0.1) is 0 Å². The zero-order valence-corrected chi connectivity index (χ0v) is 32.5. The van der Waals surface area contributed by atoms with E-state index in [1.807, 2.05) is 0 Å². The van der Waals surface area contributed by atoms with Crippen molar-refractivity contribution in [2.75, 3.05) is 0 Å². The van der Waals surface area contributed by atoms with Crippen molar-refractivity contribution in [1.29, 1.82) is 0 Å². The molecule has 0 atom stereocenters. The van der Waals surface area contributed by atoms with Crippen molar-refractivity contribution in [2.24, 2.45) is 0 Å². The van der Waals surface area contributed by atoms with Gasteiger partial charge in [-0.15, -0.1) is 0 Å². The van der Waals surface area contributed by atoms with Gasteiger partial charge in [0.25, 0.3) is 0 Å². The first-order valence-electron chi connectivity index (χ1n) is 12.5. The molecule has 0 amide bonds. The molecule has 48 heavy (non-hydrogen) atoms. The van der Waals surface area contributed by atoms with Gasteiger partial charge in [0.1, 0.15) is 16.7 Å². The van der Waals surface area contributed by atoms with Crippen molar-refractivity contribution in [3.63, 3.8) is 0 Å². The number of benzene rings is 4. The van der Waals surface area contributed by atoms with Gasteiger partial charge in [-0.25, -0.2) is 28.8 Å². The molecule has 4 aromatic rings. The maximum atomic E-state index is 13.4. The SMILES string of the molecule is O=C(Oc1c(Br)cc(Br)cc1C(=O)O)c1cc(C(=O)Oc2c(Br)cc(Br)cc2C(=O)O)cc(C(=O)Oc2c(Br)cc(Br)cc2C(=O)O)c1. The minimum absolute atomic E-state index is 0.0698. The number of rotatable bonds is 9. The largest absolute Gasteiger partial charge is 0.478 e. The van der Waals surface area contributed by atoms with Crippen LogP contribution in [0.2, 0.25) is 0 Å². The van der Waals surface area contributed by atoms with Gasteiger partial charge >= 0.3 is 35.8 Å². The summed E-state index contributed by atoms with van der Waals surface area (Å²) in [6.45, 7) is 0. The summed E-state index contributed by atoms with van der Waals surface area (Å²) in [5.74, 6) is -9.20. The molecule has 0 bridgehead atoms. The van der Waals surface area contributed by atoms with E-state index in [0.29, 0.717) is 13.4 Å². The van der Waals surface area contributed by atoms with Gasteiger partial charge in [-0.05, 0) is 102 Å².